The number of benzene rings is 1. The van der Waals surface area contributed by atoms with E-state index in [1.54, 1.807) is 11.9 Å². The van der Waals surface area contributed by atoms with E-state index in [1.807, 2.05) is 44.4 Å². The highest BCUT2D eigenvalue weighted by Crippen LogP contribution is 2.11. The van der Waals surface area contributed by atoms with Crippen molar-refractivity contribution in [1.82, 2.24) is 5.01 Å². The van der Waals surface area contributed by atoms with Crippen LogP contribution in [0.4, 0.5) is 5.69 Å². The van der Waals surface area contributed by atoms with E-state index in [2.05, 4.69) is 5.10 Å². The third-order valence-electron chi connectivity index (χ3n) is 1.83. The fraction of sp³-hybridized carbons (Fsp3) is 0.273. The fourth-order valence-corrected chi connectivity index (χ4v) is 1.25. The first-order valence-electron chi connectivity index (χ1n) is 4.67. The molecule has 0 fully saturated rings. The van der Waals surface area contributed by atoms with E-state index in [-0.39, 0.29) is 0 Å². The lowest BCUT2D eigenvalue weighted by atomic mass is 10.3. The van der Waals surface area contributed by atoms with E-state index in [9.17, 15) is 4.79 Å². The van der Waals surface area contributed by atoms with Crippen molar-refractivity contribution in [2.24, 2.45) is 5.10 Å². The summed E-state index contributed by atoms with van der Waals surface area (Å²) in [6, 6.07) is 9.40. The van der Waals surface area contributed by atoms with Crippen molar-refractivity contribution in [3.05, 3.63) is 30.3 Å². The first-order valence-corrected chi connectivity index (χ1v) is 4.67. The normalized spacial score (nSPS) is 11.0. The van der Waals surface area contributed by atoms with Crippen LogP contribution >= 0.6 is 0 Å². The summed E-state index contributed by atoms with van der Waals surface area (Å²) in [5, 5.41) is 5.83. The monoisotopic (exact) mass is 205 g/mol. The van der Waals surface area contributed by atoms with Crippen LogP contribution < -0.4 is 4.90 Å². The van der Waals surface area contributed by atoms with E-state index < -0.39 is 0 Å². The highest BCUT2D eigenvalue weighted by atomic mass is 16.1. The Morgan fingerprint density at radius 2 is 1.87 bits per heavy atom. The van der Waals surface area contributed by atoms with Crippen molar-refractivity contribution in [2.45, 2.75) is 6.92 Å². The Balaban J connectivity index is 2.95. The third kappa shape index (κ3) is 3.09. The van der Waals surface area contributed by atoms with Gasteiger partial charge in [-0.25, -0.2) is 0 Å². The molecule has 4 nitrogen and oxygen atoms in total. The first kappa shape index (κ1) is 11.2. The quantitative estimate of drug-likeness (QED) is 0.325. The zero-order chi connectivity index (χ0) is 11.3. The Labute approximate surface area is 89.8 Å². The molecule has 0 unspecified atom stereocenters. The number of rotatable bonds is 3. The number of amidine groups is 1. The van der Waals surface area contributed by atoms with E-state index in [4.69, 9.17) is 0 Å². The van der Waals surface area contributed by atoms with Gasteiger partial charge in [-0.05, 0) is 19.1 Å². The fourth-order valence-electron chi connectivity index (χ4n) is 1.25. The molecule has 0 bridgehead atoms. The Hall–Kier alpha value is -1.84. The predicted octanol–water partition coefficient (Wildman–Crippen LogP) is 1.54. The van der Waals surface area contributed by atoms with Crippen molar-refractivity contribution < 1.29 is 4.79 Å². The molecule has 4 heteroatoms. The van der Waals surface area contributed by atoms with Gasteiger partial charge >= 0.3 is 0 Å². The van der Waals surface area contributed by atoms with Crippen LogP contribution in [0.2, 0.25) is 0 Å². The van der Waals surface area contributed by atoms with E-state index >= 15 is 0 Å². The number of hydrazone groups is 1. The summed E-state index contributed by atoms with van der Waals surface area (Å²) in [6.07, 6.45) is 0.762. The van der Waals surface area contributed by atoms with Crippen LogP contribution in [0.3, 0.4) is 0 Å². The summed E-state index contributed by atoms with van der Waals surface area (Å²) in [5.41, 5.74) is 0.815. The van der Waals surface area contributed by atoms with Crippen LogP contribution in [0.1, 0.15) is 6.92 Å². The smallest absolute Gasteiger partial charge is 0.219 e. The number of para-hydroxylation sites is 1. The summed E-state index contributed by atoms with van der Waals surface area (Å²) >= 11 is 0. The van der Waals surface area contributed by atoms with Gasteiger partial charge in [-0.2, -0.15) is 5.10 Å². The molecule has 80 valence electrons. The predicted molar refractivity (Wildman–Crippen MR) is 61.8 cm³/mol. The lowest BCUT2D eigenvalue weighted by Crippen LogP contribution is -2.28. The average Bonchev–Trinajstić information content (AvgIpc) is 2.19. The van der Waals surface area contributed by atoms with Crippen LogP contribution in [-0.4, -0.2) is 31.3 Å². The van der Waals surface area contributed by atoms with Crippen LogP contribution in [0.25, 0.3) is 0 Å². The zero-order valence-corrected chi connectivity index (χ0v) is 9.21. The van der Waals surface area contributed by atoms with Crippen molar-refractivity contribution in [1.29, 1.82) is 0 Å². The molecule has 0 N–H and O–H groups in total. The number of nitrogens with zero attached hydrogens (tertiary/aromatic N) is 3. The lowest BCUT2D eigenvalue weighted by molar-refractivity contribution is -0.106. The van der Waals surface area contributed by atoms with Crippen molar-refractivity contribution in [3.63, 3.8) is 0 Å². The SMILES string of the molecule is C/C(=N\N(C)C)N(C=O)c1ccccc1. The highest BCUT2D eigenvalue weighted by molar-refractivity contribution is 6.08. The number of carbonyl (C=O) groups is 1. The van der Waals surface area contributed by atoms with Crippen molar-refractivity contribution in [2.75, 3.05) is 19.0 Å². The molecule has 15 heavy (non-hydrogen) atoms. The second-order valence-corrected chi connectivity index (χ2v) is 3.31. The van der Waals surface area contributed by atoms with Gasteiger partial charge in [0.1, 0.15) is 5.84 Å². The molecule has 0 saturated heterocycles. The van der Waals surface area contributed by atoms with E-state index in [0.717, 1.165) is 12.1 Å². The Morgan fingerprint density at radius 3 is 2.33 bits per heavy atom. The Kier molecular flexibility index (Phi) is 3.85. The molecule has 0 aliphatic carbocycles. The molecule has 0 aliphatic rings. The van der Waals surface area contributed by atoms with Gasteiger partial charge in [0, 0.05) is 19.8 Å². The maximum absolute atomic E-state index is 11.0. The minimum absolute atomic E-state index is 0.640. The molecular formula is C11H15N3O. The summed E-state index contributed by atoms with van der Waals surface area (Å²) in [6.45, 7) is 1.79. The van der Waals surface area contributed by atoms with Gasteiger partial charge in [-0.15, -0.1) is 0 Å². The maximum atomic E-state index is 11.0. The van der Waals surface area contributed by atoms with Crippen LogP contribution in [0, 0.1) is 0 Å². The van der Waals surface area contributed by atoms with Gasteiger partial charge in [0.15, 0.2) is 0 Å². The van der Waals surface area contributed by atoms with Crippen molar-refractivity contribution in [3.8, 4) is 0 Å². The van der Waals surface area contributed by atoms with Gasteiger partial charge in [-0.1, -0.05) is 18.2 Å². The molecule has 0 saturated carbocycles. The van der Waals surface area contributed by atoms with Crippen LogP contribution in [0.15, 0.2) is 35.4 Å². The summed E-state index contributed by atoms with van der Waals surface area (Å²) in [7, 11) is 3.63. The number of carbonyl (C=O) groups excluding carboxylic acids is 1. The lowest BCUT2D eigenvalue weighted by Gasteiger charge is -2.18. The molecule has 0 atom stereocenters. The number of hydrogen-bond acceptors (Lipinski definition) is 3. The number of amides is 1. The van der Waals surface area contributed by atoms with Gasteiger partial charge in [0.25, 0.3) is 0 Å². The molecule has 1 rings (SSSR count). The average molecular weight is 205 g/mol. The van der Waals surface area contributed by atoms with Gasteiger partial charge in [-0.3, -0.25) is 9.69 Å². The topological polar surface area (TPSA) is 35.9 Å². The van der Waals surface area contributed by atoms with Crippen LogP contribution in [-0.2, 0) is 4.79 Å². The standard InChI is InChI=1S/C11H15N3O/c1-10(12-13(2)3)14(9-15)11-7-5-4-6-8-11/h4-9H,1-3H3/b12-10+. The van der Waals surface area contributed by atoms with Gasteiger partial charge < -0.3 is 5.01 Å². The first-order chi connectivity index (χ1) is 7.15. The molecule has 1 amide bonds. The molecule has 1 aromatic rings. The number of hydrogen-bond donors (Lipinski definition) is 0. The van der Waals surface area contributed by atoms with E-state index in [1.165, 1.54) is 4.90 Å². The van der Waals surface area contributed by atoms with E-state index in [0.29, 0.717) is 5.84 Å². The molecular weight excluding hydrogens is 190 g/mol. The molecule has 0 radical (unpaired) electrons. The van der Waals surface area contributed by atoms with Crippen LogP contribution in [0.5, 0.6) is 0 Å². The Morgan fingerprint density at radius 1 is 1.27 bits per heavy atom. The Bertz CT molecular complexity index is 346. The largest absolute Gasteiger partial charge is 0.301 e. The molecule has 0 aliphatic heterocycles. The summed E-state index contributed by atoms with van der Waals surface area (Å²) in [4.78, 5) is 12.5. The molecule has 1 aromatic carbocycles. The van der Waals surface area contributed by atoms with Crippen molar-refractivity contribution >= 4 is 17.9 Å². The number of anilines is 1. The molecule has 0 heterocycles. The highest BCUT2D eigenvalue weighted by Gasteiger charge is 2.07. The summed E-state index contributed by atoms with van der Waals surface area (Å²) < 4.78 is 0. The minimum Gasteiger partial charge on any atom is -0.301 e. The van der Waals surface area contributed by atoms with Gasteiger partial charge in [0.2, 0.25) is 6.41 Å². The second kappa shape index (κ2) is 5.14. The maximum Gasteiger partial charge on any atom is 0.219 e. The zero-order valence-electron chi connectivity index (χ0n) is 9.21. The second-order valence-electron chi connectivity index (χ2n) is 3.31. The third-order valence-corrected chi connectivity index (χ3v) is 1.83. The van der Waals surface area contributed by atoms with Gasteiger partial charge in [0.05, 0.1) is 0 Å². The summed E-state index contributed by atoms with van der Waals surface area (Å²) in [5.74, 6) is 0.640. The molecule has 0 aromatic heterocycles. The molecule has 0 spiro atoms. The minimum atomic E-state index is 0.640.